The lowest BCUT2D eigenvalue weighted by atomic mass is 10.1. The molecule has 0 aliphatic heterocycles. The number of ether oxygens (including phenoxy) is 1. The minimum atomic E-state index is -0.536. The van der Waals surface area contributed by atoms with Crippen molar-refractivity contribution in [3.05, 3.63) is 96.4 Å². The van der Waals surface area contributed by atoms with Gasteiger partial charge >= 0.3 is 0 Å². The molecule has 3 aromatic rings. The molecule has 0 aromatic heterocycles. The van der Waals surface area contributed by atoms with Crippen molar-refractivity contribution in [1.82, 2.24) is 0 Å². The zero-order valence-electron chi connectivity index (χ0n) is 17.7. The largest absolute Gasteiger partial charge is 0.486 e. The molecule has 168 valence electrons. The van der Waals surface area contributed by atoms with Crippen LogP contribution in [0.5, 0.6) is 5.75 Å². The highest BCUT2D eigenvalue weighted by Crippen LogP contribution is 2.36. The second kappa shape index (κ2) is 11.0. The van der Waals surface area contributed by atoms with Crippen LogP contribution in [0.2, 0.25) is 20.1 Å². The highest BCUT2D eigenvalue weighted by atomic mass is 35.5. The van der Waals surface area contributed by atoms with Gasteiger partial charge in [0, 0.05) is 21.3 Å². The first-order valence-electron chi connectivity index (χ1n) is 9.74. The van der Waals surface area contributed by atoms with Crippen LogP contribution in [0, 0.1) is 25.2 Å². The highest BCUT2D eigenvalue weighted by Gasteiger charge is 2.14. The molecule has 0 unspecified atom stereocenters. The summed E-state index contributed by atoms with van der Waals surface area (Å²) in [7, 11) is 0. The van der Waals surface area contributed by atoms with Gasteiger partial charge in [0.25, 0.3) is 5.91 Å². The Balaban J connectivity index is 1.78. The Bertz CT molecular complexity index is 1270. The number of hydrogen-bond acceptors (Lipinski definition) is 3. The molecule has 0 radical (unpaired) electrons. The van der Waals surface area contributed by atoms with E-state index in [2.05, 4.69) is 5.32 Å². The molecule has 0 heterocycles. The van der Waals surface area contributed by atoms with Crippen LogP contribution in [0.3, 0.4) is 0 Å². The smallest absolute Gasteiger partial charge is 0.266 e. The number of nitrogens with zero attached hydrogens (tertiary/aromatic N) is 1. The third-order valence-electron chi connectivity index (χ3n) is 4.85. The van der Waals surface area contributed by atoms with Crippen LogP contribution in [0.25, 0.3) is 6.08 Å². The standard InChI is InChI=1S/C25H18Cl4N2O2/c1-14-3-6-20(7-15(14)2)31-25(32)18(12-30)8-16-9-22(28)24(23(29)10-16)33-13-17-4-5-19(26)11-21(17)27/h3-11H,13H2,1-2H3,(H,31,32)/b18-8+. The van der Waals surface area contributed by atoms with Gasteiger partial charge in [-0.15, -0.1) is 0 Å². The maximum atomic E-state index is 12.6. The van der Waals surface area contributed by atoms with E-state index in [1.807, 2.05) is 32.0 Å². The van der Waals surface area contributed by atoms with Gasteiger partial charge in [-0.05, 0) is 73.0 Å². The number of anilines is 1. The molecule has 1 N–H and O–H groups in total. The minimum Gasteiger partial charge on any atom is -0.486 e. The predicted molar refractivity (Wildman–Crippen MR) is 135 cm³/mol. The van der Waals surface area contributed by atoms with E-state index >= 15 is 0 Å². The van der Waals surface area contributed by atoms with E-state index in [-0.39, 0.29) is 28.0 Å². The number of hydrogen-bond donors (Lipinski definition) is 1. The maximum Gasteiger partial charge on any atom is 0.266 e. The van der Waals surface area contributed by atoms with Crippen molar-refractivity contribution in [2.75, 3.05) is 5.32 Å². The summed E-state index contributed by atoms with van der Waals surface area (Å²) in [5.41, 5.74) is 3.84. The van der Waals surface area contributed by atoms with E-state index in [0.717, 1.165) is 11.1 Å². The molecule has 0 bridgehead atoms. The van der Waals surface area contributed by atoms with Gasteiger partial charge in [-0.1, -0.05) is 58.5 Å². The summed E-state index contributed by atoms with van der Waals surface area (Å²) in [6, 6.07) is 15.6. The normalized spacial score (nSPS) is 11.1. The summed E-state index contributed by atoms with van der Waals surface area (Å²) >= 11 is 24.8. The first-order chi connectivity index (χ1) is 15.7. The number of nitriles is 1. The molecule has 0 aliphatic rings. The van der Waals surface area contributed by atoms with Gasteiger partial charge in [0.2, 0.25) is 0 Å². The number of aryl methyl sites for hydroxylation is 2. The fraction of sp³-hybridized carbons (Fsp3) is 0.120. The third kappa shape index (κ3) is 6.43. The number of amides is 1. The Kier molecular flexibility index (Phi) is 8.29. The number of carbonyl (C=O) groups excluding carboxylic acids is 1. The lowest BCUT2D eigenvalue weighted by molar-refractivity contribution is -0.112. The van der Waals surface area contributed by atoms with Crippen molar-refractivity contribution in [2.45, 2.75) is 20.5 Å². The lowest BCUT2D eigenvalue weighted by Crippen LogP contribution is -2.13. The van der Waals surface area contributed by atoms with E-state index in [1.165, 1.54) is 6.08 Å². The second-order valence-corrected chi connectivity index (χ2v) is 8.92. The highest BCUT2D eigenvalue weighted by molar-refractivity contribution is 6.37. The average Bonchev–Trinajstić information content (AvgIpc) is 2.75. The summed E-state index contributed by atoms with van der Waals surface area (Å²) in [6.45, 7) is 4.06. The molecule has 0 atom stereocenters. The van der Waals surface area contributed by atoms with Crippen LogP contribution in [0.15, 0.2) is 54.1 Å². The zero-order chi connectivity index (χ0) is 24.1. The minimum absolute atomic E-state index is 0.0954. The number of rotatable bonds is 6. The van der Waals surface area contributed by atoms with Crippen LogP contribution in [0.4, 0.5) is 5.69 Å². The van der Waals surface area contributed by atoms with Crippen LogP contribution < -0.4 is 10.1 Å². The van der Waals surface area contributed by atoms with Crippen LogP contribution >= 0.6 is 46.4 Å². The van der Waals surface area contributed by atoms with Crippen molar-refractivity contribution in [1.29, 1.82) is 5.26 Å². The number of carbonyl (C=O) groups is 1. The van der Waals surface area contributed by atoms with Crippen LogP contribution in [-0.2, 0) is 11.4 Å². The van der Waals surface area contributed by atoms with Crippen molar-refractivity contribution < 1.29 is 9.53 Å². The van der Waals surface area contributed by atoms with Gasteiger partial charge in [0.1, 0.15) is 18.2 Å². The molecule has 0 saturated heterocycles. The summed E-state index contributed by atoms with van der Waals surface area (Å²) < 4.78 is 5.75. The quantitative estimate of drug-likeness (QED) is 0.264. The predicted octanol–water partition coefficient (Wildman–Crippen LogP) is 8.04. The summed E-state index contributed by atoms with van der Waals surface area (Å²) in [6.07, 6.45) is 1.41. The second-order valence-electron chi connectivity index (χ2n) is 7.26. The molecule has 0 aliphatic carbocycles. The van der Waals surface area contributed by atoms with Crippen molar-refractivity contribution >= 4 is 64.1 Å². The monoisotopic (exact) mass is 518 g/mol. The average molecular weight is 520 g/mol. The molecule has 8 heteroatoms. The Morgan fingerprint density at radius 1 is 0.970 bits per heavy atom. The number of nitrogens with one attached hydrogen (secondary N) is 1. The first kappa shape index (κ1) is 25.0. The fourth-order valence-corrected chi connectivity index (χ4v) is 4.00. The van der Waals surface area contributed by atoms with Crippen LogP contribution in [-0.4, -0.2) is 5.91 Å². The van der Waals surface area contributed by atoms with Gasteiger partial charge < -0.3 is 10.1 Å². The first-order valence-corrected chi connectivity index (χ1v) is 11.2. The molecule has 1 amide bonds. The summed E-state index contributed by atoms with van der Waals surface area (Å²) in [5.74, 6) is -0.273. The molecule has 0 spiro atoms. The Morgan fingerprint density at radius 2 is 1.67 bits per heavy atom. The van der Waals surface area contributed by atoms with Gasteiger partial charge in [-0.2, -0.15) is 5.26 Å². The molecule has 33 heavy (non-hydrogen) atoms. The van der Waals surface area contributed by atoms with Gasteiger partial charge in [-0.25, -0.2) is 0 Å². The maximum absolute atomic E-state index is 12.6. The molecule has 3 aromatic carbocycles. The van der Waals surface area contributed by atoms with Crippen molar-refractivity contribution in [3.63, 3.8) is 0 Å². The Morgan fingerprint density at radius 3 is 2.27 bits per heavy atom. The van der Waals surface area contributed by atoms with E-state index in [4.69, 9.17) is 51.1 Å². The molecular formula is C25H18Cl4N2O2. The van der Waals surface area contributed by atoms with E-state index in [0.29, 0.717) is 26.9 Å². The van der Waals surface area contributed by atoms with E-state index in [1.54, 1.807) is 36.4 Å². The fourth-order valence-electron chi connectivity index (χ4n) is 2.92. The van der Waals surface area contributed by atoms with Gasteiger partial charge in [0.05, 0.1) is 10.0 Å². The topological polar surface area (TPSA) is 62.1 Å². The van der Waals surface area contributed by atoms with Gasteiger partial charge in [0.15, 0.2) is 5.75 Å². The summed E-state index contributed by atoms with van der Waals surface area (Å²) in [5, 5.41) is 13.7. The zero-order valence-corrected chi connectivity index (χ0v) is 20.7. The number of halogens is 4. The Labute approximate surface area is 212 Å². The van der Waals surface area contributed by atoms with Crippen LogP contribution in [0.1, 0.15) is 22.3 Å². The summed E-state index contributed by atoms with van der Waals surface area (Å²) in [4.78, 5) is 12.6. The molecule has 3 rings (SSSR count). The molecule has 0 saturated carbocycles. The van der Waals surface area contributed by atoms with E-state index in [9.17, 15) is 10.1 Å². The Hall–Kier alpha value is -2.68. The van der Waals surface area contributed by atoms with Gasteiger partial charge in [-0.3, -0.25) is 4.79 Å². The molecule has 0 fully saturated rings. The molecule has 4 nitrogen and oxygen atoms in total. The number of benzene rings is 3. The lowest BCUT2D eigenvalue weighted by Gasteiger charge is -2.12. The third-order valence-corrected chi connectivity index (χ3v) is 6.00. The van der Waals surface area contributed by atoms with Crippen molar-refractivity contribution in [2.24, 2.45) is 0 Å². The molecular weight excluding hydrogens is 502 g/mol. The van der Waals surface area contributed by atoms with Crippen molar-refractivity contribution in [3.8, 4) is 11.8 Å². The van der Waals surface area contributed by atoms with E-state index < -0.39 is 5.91 Å². The SMILES string of the molecule is Cc1ccc(NC(=O)/C(C#N)=C/c2cc(Cl)c(OCc3ccc(Cl)cc3Cl)c(Cl)c2)cc1C.